The molecule has 2 aromatic carbocycles. The van der Waals surface area contributed by atoms with Crippen LogP contribution in [0.25, 0.3) is 0 Å². The van der Waals surface area contributed by atoms with E-state index in [9.17, 15) is 14.4 Å². The summed E-state index contributed by atoms with van der Waals surface area (Å²) in [5.74, 6) is -0.279. The number of nitrogens with zero attached hydrogens (tertiary/aromatic N) is 2. The lowest BCUT2D eigenvalue weighted by Crippen LogP contribution is -2.30. The highest BCUT2D eigenvalue weighted by molar-refractivity contribution is 6.54. The van der Waals surface area contributed by atoms with Crippen LogP contribution in [0.5, 0.6) is 11.5 Å². The Balaban J connectivity index is 1.78. The smallest absolute Gasteiger partial charge is 0.281 e. The number of hydrogen-bond donors (Lipinski definition) is 1. The summed E-state index contributed by atoms with van der Waals surface area (Å²) in [7, 11) is 0. The van der Waals surface area contributed by atoms with E-state index in [1.54, 1.807) is 18.2 Å². The van der Waals surface area contributed by atoms with Gasteiger partial charge in [0.15, 0.2) is 17.2 Å². The van der Waals surface area contributed by atoms with Crippen molar-refractivity contribution in [2.75, 3.05) is 18.1 Å². The third-order valence-corrected chi connectivity index (χ3v) is 4.30. The lowest BCUT2D eigenvalue weighted by molar-refractivity contribution is -0.112. The van der Waals surface area contributed by atoms with Gasteiger partial charge in [0.1, 0.15) is 19.0 Å². The molecular formula is C17H12ClFN2O4. The normalized spacial score (nSPS) is 17.1. The van der Waals surface area contributed by atoms with Gasteiger partial charge in [0.2, 0.25) is 0 Å². The molecule has 0 saturated carbocycles. The number of benzene rings is 2. The van der Waals surface area contributed by atoms with E-state index in [2.05, 4.69) is 5.16 Å². The van der Waals surface area contributed by atoms with Crippen LogP contribution in [0.3, 0.4) is 0 Å². The van der Waals surface area contributed by atoms with Crippen molar-refractivity contribution in [2.24, 2.45) is 5.16 Å². The Hall–Kier alpha value is -2.80. The third kappa shape index (κ3) is 2.56. The number of fused-ring (bicyclic) bond motifs is 2. The van der Waals surface area contributed by atoms with Crippen LogP contribution in [0.1, 0.15) is 11.1 Å². The van der Waals surface area contributed by atoms with E-state index >= 15 is 0 Å². The van der Waals surface area contributed by atoms with E-state index in [0.29, 0.717) is 46.5 Å². The van der Waals surface area contributed by atoms with Gasteiger partial charge in [0.05, 0.1) is 12.2 Å². The molecule has 0 unspecified atom stereocenters. The van der Waals surface area contributed by atoms with Crippen molar-refractivity contribution in [1.29, 1.82) is 0 Å². The van der Waals surface area contributed by atoms with E-state index in [1.807, 2.05) is 0 Å². The molecule has 0 aromatic heterocycles. The highest BCUT2D eigenvalue weighted by atomic mass is 35.5. The van der Waals surface area contributed by atoms with E-state index in [4.69, 9.17) is 21.1 Å². The van der Waals surface area contributed by atoms with Gasteiger partial charge in [-0.2, -0.15) is 0 Å². The second-order valence-corrected chi connectivity index (χ2v) is 6.03. The fourth-order valence-electron chi connectivity index (χ4n) is 3.02. The van der Waals surface area contributed by atoms with Crippen LogP contribution >= 0.6 is 11.6 Å². The molecule has 0 saturated heterocycles. The molecule has 0 bridgehead atoms. The van der Waals surface area contributed by atoms with Crippen LogP contribution < -0.4 is 14.4 Å². The summed E-state index contributed by atoms with van der Waals surface area (Å²) in [6.45, 7) is 0.715. The quantitative estimate of drug-likeness (QED) is 0.658. The summed E-state index contributed by atoms with van der Waals surface area (Å²) in [6.07, 6.45) is 0. The van der Waals surface area contributed by atoms with Crippen molar-refractivity contribution < 1.29 is 23.9 Å². The van der Waals surface area contributed by atoms with Crippen molar-refractivity contribution in [3.8, 4) is 11.5 Å². The van der Waals surface area contributed by atoms with E-state index in [-0.39, 0.29) is 12.3 Å². The first kappa shape index (κ1) is 15.7. The van der Waals surface area contributed by atoms with E-state index in [1.165, 1.54) is 17.0 Å². The molecule has 0 aliphatic carbocycles. The van der Waals surface area contributed by atoms with E-state index < -0.39 is 11.7 Å². The first-order chi connectivity index (χ1) is 12.1. The molecule has 2 aromatic rings. The molecule has 1 N–H and O–H groups in total. The zero-order valence-corrected chi connectivity index (χ0v) is 13.6. The molecule has 8 heteroatoms. The Morgan fingerprint density at radius 3 is 2.84 bits per heavy atom. The second-order valence-electron chi connectivity index (χ2n) is 5.59. The summed E-state index contributed by atoms with van der Waals surface area (Å²) >= 11 is 5.96. The maximum absolute atomic E-state index is 13.9. The predicted octanol–water partition coefficient (Wildman–Crippen LogP) is 2.98. The molecule has 2 aliphatic rings. The van der Waals surface area contributed by atoms with Crippen molar-refractivity contribution in [3.05, 3.63) is 52.3 Å². The minimum absolute atomic E-state index is 0.0376. The molecule has 25 heavy (non-hydrogen) atoms. The molecule has 4 rings (SSSR count). The Morgan fingerprint density at radius 1 is 1.24 bits per heavy atom. The van der Waals surface area contributed by atoms with E-state index in [0.717, 1.165) is 0 Å². The lowest BCUT2D eigenvalue weighted by atomic mass is 10.1. The van der Waals surface area contributed by atoms with Gasteiger partial charge in [-0.05, 0) is 24.3 Å². The Bertz CT molecular complexity index is 916. The number of amides is 1. The highest BCUT2D eigenvalue weighted by Crippen LogP contribution is 2.38. The molecule has 0 fully saturated rings. The van der Waals surface area contributed by atoms with Crippen molar-refractivity contribution in [2.45, 2.75) is 6.54 Å². The first-order valence-corrected chi connectivity index (χ1v) is 7.88. The number of anilines is 1. The topological polar surface area (TPSA) is 71.4 Å². The van der Waals surface area contributed by atoms with Gasteiger partial charge in [-0.1, -0.05) is 16.8 Å². The molecule has 6 nitrogen and oxygen atoms in total. The SMILES string of the molecule is O=C1/C(=N\O)c2cc(Cl)ccc2N1Cc1cc(F)cc2c1OCCO2. The van der Waals surface area contributed by atoms with Gasteiger partial charge in [-0.25, -0.2) is 4.39 Å². The number of halogens is 2. The number of oxime groups is 1. The molecule has 0 atom stereocenters. The highest BCUT2D eigenvalue weighted by Gasteiger charge is 2.35. The predicted molar refractivity (Wildman–Crippen MR) is 88.4 cm³/mol. The minimum Gasteiger partial charge on any atom is -0.486 e. The molecule has 2 heterocycles. The van der Waals surface area contributed by atoms with Crippen molar-refractivity contribution in [1.82, 2.24) is 0 Å². The van der Waals surface area contributed by atoms with Gasteiger partial charge in [0, 0.05) is 22.2 Å². The fourth-order valence-corrected chi connectivity index (χ4v) is 3.19. The molecule has 0 radical (unpaired) electrons. The van der Waals surface area contributed by atoms with Crippen LogP contribution in [-0.2, 0) is 11.3 Å². The average molecular weight is 363 g/mol. The Kier molecular flexibility index (Phi) is 3.73. The van der Waals surface area contributed by atoms with Gasteiger partial charge in [-0.15, -0.1) is 0 Å². The number of carbonyl (C=O) groups excluding carboxylic acids is 1. The minimum atomic E-state index is -0.505. The summed E-state index contributed by atoms with van der Waals surface area (Å²) in [5.41, 5.74) is 1.29. The summed E-state index contributed by atoms with van der Waals surface area (Å²) in [5, 5.41) is 12.7. The molecule has 0 spiro atoms. The molecule has 2 aliphatic heterocycles. The maximum atomic E-state index is 13.9. The first-order valence-electron chi connectivity index (χ1n) is 7.50. The van der Waals surface area contributed by atoms with Gasteiger partial charge >= 0.3 is 0 Å². The monoisotopic (exact) mass is 362 g/mol. The lowest BCUT2D eigenvalue weighted by Gasteiger charge is -2.24. The van der Waals surface area contributed by atoms with Gasteiger partial charge in [0.25, 0.3) is 5.91 Å². The number of hydrogen-bond acceptors (Lipinski definition) is 5. The van der Waals surface area contributed by atoms with Gasteiger partial charge < -0.3 is 19.6 Å². The number of ether oxygens (including phenoxy) is 2. The van der Waals surface area contributed by atoms with Gasteiger partial charge in [-0.3, -0.25) is 4.79 Å². The third-order valence-electron chi connectivity index (χ3n) is 4.06. The zero-order valence-electron chi connectivity index (χ0n) is 12.8. The summed E-state index contributed by atoms with van der Waals surface area (Å²) in [6, 6.07) is 7.37. The standard InChI is InChI=1S/C17H12ClFN2O4/c18-10-1-2-13-12(6-10)15(20-23)17(22)21(13)8-9-5-11(19)7-14-16(9)25-4-3-24-14/h1-2,5-7,23H,3-4,8H2/b20-15-. The van der Waals surface area contributed by atoms with Crippen LogP contribution in [0.15, 0.2) is 35.5 Å². The van der Waals surface area contributed by atoms with Crippen LogP contribution in [0.2, 0.25) is 5.02 Å². The zero-order chi connectivity index (χ0) is 17.6. The fraction of sp³-hybridized carbons (Fsp3) is 0.176. The number of carbonyl (C=O) groups is 1. The van der Waals surface area contributed by atoms with Crippen molar-refractivity contribution in [3.63, 3.8) is 0 Å². The molecular weight excluding hydrogens is 351 g/mol. The van der Waals surface area contributed by atoms with Crippen LogP contribution in [0, 0.1) is 5.82 Å². The number of rotatable bonds is 2. The maximum Gasteiger partial charge on any atom is 0.281 e. The Morgan fingerprint density at radius 2 is 2.04 bits per heavy atom. The van der Waals surface area contributed by atoms with Crippen molar-refractivity contribution >= 4 is 28.9 Å². The largest absolute Gasteiger partial charge is 0.486 e. The Labute approximate surface area is 147 Å². The molecule has 128 valence electrons. The second kappa shape index (κ2) is 5.93. The van der Waals surface area contributed by atoms with Crippen LogP contribution in [0.4, 0.5) is 10.1 Å². The molecule has 1 amide bonds. The summed E-state index contributed by atoms with van der Waals surface area (Å²) in [4.78, 5) is 14.0. The summed E-state index contributed by atoms with van der Waals surface area (Å²) < 4.78 is 24.9. The average Bonchev–Trinajstić information content (AvgIpc) is 2.85. The van der Waals surface area contributed by atoms with Crippen LogP contribution in [-0.4, -0.2) is 30.0 Å².